The van der Waals surface area contributed by atoms with Gasteiger partial charge in [-0.1, -0.05) is 12.1 Å². The first-order chi connectivity index (χ1) is 10.7. The Morgan fingerprint density at radius 1 is 1.23 bits per heavy atom. The van der Waals surface area contributed by atoms with E-state index in [0.717, 1.165) is 21.3 Å². The molecule has 22 heavy (non-hydrogen) atoms. The lowest BCUT2D eigenvalue weighted by Gasteiger charge is -2.04. The molecule has 3 rings (SSSR count). The molecule has 0 bridgehead atoms. The third-order valence-corrected chi connectivity index (χ3v) is 4.04. The van der Waals surface area contributed by atoms with Crippen LogP contribution in [0.15, 0.2) is 47.1 Å². The SMILES string of the molecule is Cc1nnc(CCNC(=O)c2ccc(-c3ccco3)cc2)s1. The highest BCUT2D eigenvalue weighted by Gasteiger charge is 2.07. The number of furan rings is 1. The number of carbonyl (C=O) groups is 1. The molecule has 0 radical (unpaired) electrons. The van der Waals surface area contributed by atoms with Crippen molar-refractivity contribution < 1.29 is 9.21 Å². The van der Waals surface area contributed by atoms with Crippen LogP contribution in [0.25, 0.3) is 11.3 Å². The lowest BCUT2D eigenvalue weighted by molar-refractivity contribution is 0.0954. The zero-order valence-electron chi connectivity index (χ0n) is 12.1. The summed E-state index contributed by atoms with van der Waals surface area (Å²) < 4.78 is 5.32. The number of hydrogen-bond acceptors (Lipinski definition) is 5. The fourth-order valence-electron chi connectivity index (χ4n) is 2.05. The number of aromatic nitrogens is 2. The van der Waals surface area contributed by atoms with Crippen LogP contribution in [0.1, 0.15) is 20.4 Å². The van der Waals surface area contributed by atoms with Gasteiger partial charge in [0.2, 0.25) is 0 Å². The minimum atomic E-state index is -0.0905. The van der Waals surface area contributed by atoms with Crippen molar-refractivity contribution >= 4 is 17.2 Å². The molecule has 0 unspecified atom stereocenters. The van der Waals surface area contributed by atoms with Gasteiger partial charge in [0, 0.05) is 24.1 Å². The molecular formula is C16H15N3O2S. The van der Waals surface area contributed by atoms with Crippen molar-refractivity contribution in [3.63, 3.8) is 0 Å². The summed E-state index contributed by atoms with van der Waals surface area (Å²) in [6, 6.07) is 11.1. The van der Waals surface area contributed by atoms with Gasteiger partial charge < -0.3 is 9.73 Å². The van der Waals surface area contributed by atoms with Crippen LogP contribution in [0.3, 0.4) is 0 Å². The van der Waals surface area contributed by atoms with Gasteiger partial charge in [-0.05, 0) is 31.2 Å². The number of nitrogens with zero attached hydrogens (tertiary/aromatic N) is 2. The third kappa shape index (κ3) is 3.40. The van der Waals surface area contributed by atoms with Gasteiger partial charge in [0.05, 0.1) is 6.26 Å². The largest absolute Gasteiger partial charge is 0.464 e. The van der Waals surface area contributed by atoms with E-state index in [2.05, 4.69) is 15.5 Å². The lowest BCUT2D eigenvalue weighted by Crippen LogP contribution is -2.25. The van der Waals surface area contributed by atoms with E-state index >= 15 is 0 Å². The van der Waals surface area contributed by atoms with Crippen LogP contribution in [-0.2, 0) is 6.42 Å². The first kappa shape index (κ1) is 14.5. The first-order valence-corrected chi connectivity index (χ1v) is 7.75. The van der Waals surface area contributed by atoms with Gasteiger partial charge in [-0.3, -0.25) is 4.79 Å². The monoisotopic (exact) mass is 313 g/mol. The summed E-state index contributed by atoms with van der Waals surface area (Å²) in [6.07, 6.45) is 2.33. The molecule has 3 aromatic rings. The number of nitrogens with one attached hydrogen (secondary N) is 1. The van der Waals surface area contributed by atoms with Gasteiger partial charge >= 0.3 is 0 Å². The van der Waals surface area contributed by atoms with Crippen LogP contribution < -0.4 is 5.32 Å². The second-order valence-electron chi connectivity index (χ2n) is 4.78. The van der Waals surface area contributed by atoms with Crippen LogP contribution in [-0.4, -0.2) is 22.6 Å². The topological polar surface area (TPSA) is 68.0 Å². The Morgan fingerprint density at radius 3 is 2.68 bits per heavy atom. The fourth-order valence-corrected chi connectivity index (χ4v) is 2.76. The van der Waals surface area contributed by atoms with Gasteiger partial charge in [-0.2, -0.15) is 0 Å². The standard InChI is InChI=1S/C16H15N3O2S/c1-11-18-19-15(22-11)8-9-17-16(20)13-6-4-12(5-7-13)14-3-2-10-21-14/h2-7,10H,8-9H2,1H3,(H,17,20). The first-order valence-electron chi connectivity index (χ1n) is 6.93. The quantitative estimate of drug-likeness (QED) is 0.786. The summed E-state index contributed by atoms with van der Waals surface area (Å²) in [5.74, 6) is 0.700. The normalized spacial score (nSPS) is 10.6. The van der Waals surface area contributed by atoms with Crippen LogP contribution >= 0.6 is 11.3 Å². The minimum absolute atomic E-state index is 0.0905. The van der Waals surface area contributed by atoms with Crippen LogP contribution in [0, 0.1) is 6.92 Å². The van der Waals surface area contributed by atoms with Crippen LogP contribution in [0.4, 0.5) is 0 Å². The van der Waals surface area contributed by atoms with Crippen LogP contribution in [0.5, 0.6) is 0 Å². The molecule has 0 aliphatic rings. The third-order valence-electron chi connectivity index (χ3n) is 3.15. The summed E-state index contributed by atoms with van der Waals surface area (Å²) in [5, 5.41) is 12.7. The Bertz CT molecular complexity index is 748. The lowest BCUT2D eigenvalue weighted by atomic mass is 10.1. The molecular weight excluding hydrogens is 298 g/mol. The molecule has 112 valence electrons. The maximum atomic E-state index is 12.1. The molecule has 1 amide bonds. The highest BCUT2D eigenvalue weighted by Crippen LogP contribution is 2.19. The molecule has 1 N–H and O–H groups in total. The number of hydrogen-bond donors (Lipinski definition) is 1. The minimum Gasteiger partial charge on any atom is -0.464 e. The zero-order valence-corrected chi connectivity index (χ0v) is 12.9. The molecule has 0 aliphatic heterocycles. The average molecular weight is 313 g/mol. The molecule has 2 heterocycles. The Morgan fingerprint density at radius 2 is 2.05 bits per heavy atom. The Labute approximate surface area is 132 Å². The second-order valence-corrected chi connectivity index (χ2v) is 6.04. The highest BCUT2D eigenvalue weighted by atomic mass is 32.1. The van der Waals surface area contributed by atoms with Gasteiger partial charge in [0.25, 0.3) is 5.91 Å². The molecule has 6 heteroatoms. The van der Waals surface area contributed by atoms with Crippen molar-refractivity contribution in [3.8, 4) is 11.3 Å². The van der Waals surface area contributed by atoms with Gasteiger partial charge in [-0.25, -0.2) is 0 Å². The van der Waals surface area contributed by atoms with E-state index in [9.17, 15) is 4.79 Å². The van der Waals surface area contributed by atoms with Crippen LogP contribution in [0.2, 0.25) is 0 Å². The predicted molar refractivity (Wildman–Crippen MR) is 84.8 cm³/mol. The van der Waals surface area contributed by atoms with E-state index in [4.69, 9.17) is 4.42 Å². The number of aryl methyl sites for hydroxylation is 1. The number of amides is 1. The van der Waals surface area contributed by atoms with Crippen molar-refractivity contribution in [1.82, 2.24) is 15.5 Å². The molecule has 1 aromatic carbocycles. The Hall–Kier alpha value is -2.47. The molecule has 2 aromatic heterocycles. The van der Waals surface area contributed by atoms with E-state index < -0.39 is 0 Å². The Kier molecular flexibility index (Phi) is 4.29. The van der Waals surface area contributed by atoms with E-state index in [1.165, 1.54) is 0 Å². The Balaban J connectivity index is 1.56. The molecule has 0 aliphatic carbocycles. The van der Waals surface area contributed by atoms with Gasteiger partial charge in [0.15, 0.2) is 0 Å². The maximum Gasteiger partial charge on any atom is 0.251 e. The number of benzene rings is 1. The molecule has 5 nitrogen and oxygen atoms in total. The van der Waals surface area contributed by atoms with Crippen molar-refractivity contribution in [2.45, 2.75) is 13.3 Å². The molecule has 0 saturated heterocycles. The number of carbonyl (C=O) groups excluding carboxylic acids is 1. The fraction of sp³-hybridized carbons (Fsp3) is 0.188. The predicted octanol–water partition coefficient (Wildman–Crippen LogP) is 3.08. The summed E-state index contributed by atoms with van der Waals surface area (Å²) in [5.41, 5.74) is 1.58. The summed E-state index contributed by atoms with van der Waals surface area (Å²) >= 11 is 1.55. The van der Waals surface area contributed by atoms with Gasteiger partial charge in [-0.15, -0.1) is 21.5 Å². The summed E-state index contributed by atoms with van der Waals surface area (Å²) in [7, 11) is 0. The molecule has 0 spiro atoms. The summed E-state index contributed by atoms with van der Waals surface area (Å²) in [4.78, 5) is 12.1. The average Bonchev–Trinajstić information content (AvgIpc) is 3.19. The second kappa shape index (κ2) is 6.53. The maximum absolute atomic E-state index is 12.1. The van der Waals surface area contributed by atoms with Crippen molar-refractivity contribution in [3.05, 3.63) is 58.2 Å². The number of rotatable bonds is 5. The van der Waals surface area contributed by atoms with Crippen molar-refractivity contribution in [2.75, 3.05) is 6.54 Å². The molecule has 0 atom stereocenters. The van der Waals surface area contributed by atoms with E-state index in [0.29, 0.717) is 18.5 Å². The van der Waals surface area contributed by atoms with Gasteiger partial charge in [0.1, 0.15) is 15.8 Å². The van der Waals surface area contributed by atoms with Crippen molar-refractivity contribution in [1.29, 1.82) is 0 Å². The zero-order chi connectivity index (χ0) is 15.4. The van der Waals surface area contributed by atoms with Crippen molar-refractivity contribution in [2.24, 2.45) is 0 Å². The summed E-state index contributed by atoms with van der Waals surface area (Å²) in [6.45, 7) is 2.47. The molecule has 0 saturated carbocycles. The smallest absolute Gasteiger partial charge is 0.251 e. The van der Waals surface area contributed by atoms with E-state index in [1.807, 2.05) is 31.2 Å². The van der Waals surface area contributed by atoms with E-state index in [-0.39, 0.29) is 5.91 Å². The highest BCUT2D eigenvalue weighted by molar-refractivity contribution is 7.11. The van der Waals surface area contributed by atoms with E-state index in [1.54, 1.807) is 29.7 Å². The molecule has 0 fully saturated rings.